The first kappa shape index (κ1) is 23.5. The molecule has 0 N–H and O–H groups in total. The van der Waals surface area contributed by atoms with Crippen LogP contribution in [0.25, 0.3) is 0 Å². The molecule has 0 aliphatic heterocycles. The second kappa shape index (κ2) is 10.5. The number of methoxy groups -OCH3 is 1. The predicted molar refractivity (Wildman–Crippen MR) is 121 cm³/mol. The van der Waals surface area contributed by atoms with Gasteiger partial charge in [-0.1, -0.05) is 38.7 Å². The van der Waals surface area contributed by atoms with E-state index in [4.69, 9.17) is 9.47 Å². The van der Waals surface area contributed by atoms with Gasteiger partial charge in [-0.15, -0.1) is 0 Å². The summed E-state index contributed by atoms with van der Waals surface area (Å²) in [5.74, 6) is 0.270. The summed E-state index contributed by atoms with van der Waals surface area (Å²) in [4.78, 5) is 13.0. The van der Waals surface area contributed by atoms with Gasteiger partial charge in [0.1, 0.15) is 6.10 Å². The number of unbranched alkanes of at least 4 members (excludes halogenated alkanes) is 2. The fraction of sp³-hybridized carbons (Fsp3) is 0.741. The first-order chi connectivity index (χ1) is 15.5. The van der Waals surface area contributed by atoms with Crippen molar-refractivity contribution in [2.75, 3.05) is 7.11 Å². The third-order valence-corrected chi connectivity index (χ3v) is 8.53. The number of rotatable bonds is 8. The summed E-state index contributed by atoms with van der Waals surface area (Å²) >= 11 is 0. The van der Waals surface area contributed by atoms with Gasteiger partial charge in [0.2, 0.25) is 5.82 Å². The number of hydrogen-bond donors (Lipinski definition) is 0. The number of carbonyl (C=O) groups is 1. The average molecular weight is 449 g/mol. The van der Waals surface area contributed by atoms with Gasteiger partial charge in [-0.3, -0.25) is 4.79 Å². The molecular weight excluding hydrogens is 410 g/mol. The molecule has 3 aliphatic rings. The lowest BCUT2D eigenvalue weighted by molar-refractivity contribution is -0.157. The summed E-state index contributed by atoms with van der Waals surface area (Å²) in [6.45, 7) is 2.25. The van der Waals surface area contributed by atoms with Crippen molar-refractivity contribution in [1.29, 1.82) is 0 Å². The minimum atomic E-state index is -0.918. The highest BCUT2D eigenvalue weighted by Gasteiger charge is 2.48. The molecule has 3 nitrogen and oxygen atoms in total. The molecule has 0 saturated heterocycles. The van der Waals surface area contributed by atoms with Crippen molar-refractivity contribution in [3.8, 4) is 5.75 Å². The van der Waals surface area contributed by atoms with E-state index < -0.39 is 11.6 Å². The van der Waals surface area contributed by atoms with Gasteiger partial charge < -0.3 is 9.47 Å². The molecule has 0 amide bonds. The molecule has 0 bridgehead atoms. The first-order valence-corrected chi connectivity index (χ1v) is 12.8. The van der Waals surface area contributed by atoms with Crippen molar-refractivity contribution in [1.82, 2.24) is 0 Å². The van der Waals surface area contributed by atoms with Crippen LogP contribution >= 0.6 is 0 Å². The molecule has 4 atom stereocenters. The van der Waals surface area contributed by atoms with Gasteiger partial charge in [0.15, 0.2) is 11.6 Å². The van der Waals surface area contributed by atoms with E-state index >= 15 is 0 Å². The molecule has 3 saturated carbocycles. The number of hydrogen-bond acceptors (Lipinski definition) is 3. The Hall–Kier alpha value is -1.65. The topological polar surface area (TPSA) is 35.5 Å². The van der Waals surface area contributed by atoms with Crippen molar-refractivity contribution >= 4 is 5.97 Å². The number of ether oxygens (including phenoxy) is 2. The summed E-state index contributed by atoms with van der Waals surface area (Å²) in [7, 11) is 1.34. The van der Waals surface area contributed by atoms with Crippen LogP contribution in [0.4, 0.5) is 8.78 Å². The van der Waals surface area contributed by atoms with Crippen molar-refractivity contribution in [2.45, 2.75) is 96.0 Å². The zero-order valence-corrected chi connectivity index (χ0v) is 19.6. The van der Waals surface area contributed by atoms with E-state index in [0.29, 0.717) is 43.1 Å². The quantitative estimate of drug-likeness (QED) is 0.312. The monoisotopic (exact) mass is 448 g/mol. The van der Waals surface area contributed by atoms with E-state index in [1.54, 1.807) is 6.07 Å². The SMILES string of the molecule is CCCCCC1CCC2C(C(=O)OC3CCC(c4ccc(OC)c(F)c4F)CC3)CCC12. The minimum absolute atomic E-state index is 0.00293. The Bertz CT molecular complexity index is 787. The second-order valence-electron chi connectivity index (χ2n) is 10.2. The van der Waals surface area contributed by atoms with Crippen LogP contribution in [0.3, 0.4) is 0 Å². The maximum atomic E-state index is 14.5. The van der Waals surface area contributed by atoms with Gasteiger partial charge in [0.05, 0.1) is 13.0 Å². The molecular formula is C27H38F2O3. The van der Waals surface area contributed by atoms with Crippen molar-refractivity contribution in [2.24, 2.45) is 23.7 Å². The molecule has 178 valence electrons. The van der Waals surface area contributed by atoms with Crippen molar-refractivity contribution in [3.05, 3.63) is 29.3 Å². The lowest BCUT2D eigenvalue weighted by Crippen LogP contribution is -2.29. The fourth-order valence-corrected chi connectivity index (χ4v) is 6.79. The van der Waals surface area contributed by atoms with Crippen LogP contribution in [0.1, 0.15) is 95.5 Å². The first-order valence-electron chi connectivity index (χ1n) is 12.8. The molecule has 0 spiro atoms. The summed E-state index contributed by atoms with van der Waals surface area (Å²) in [5, 5.41) is 0. The van der Waals surface area contributed by atoms with Crippen molar-refractivity contribution < 1.29 is 23.0 Å². The third-order valence-electron chi connectivity index (χ3n) is 8.53. The third kappa shape index (κ3) is 4.82. The van der Waals surface area contributed by atoms with E-state index in [0.717, 1.165) is 12.3 Å². The second-order valence-corrected chi connectivity index (χ2v) is 10.2. The fourth-order valence-electron chi connectivity index (χ4n) is 6.79. The Balaban J connectivity index is 1.27. The molecule has 0 heterocycles. The van der Waals surface area contributed by atoms with Gasteiger partial charge in [-0.05, 0) is 86.7 Å². The average Bonchev–Trinajstić information content (AvgIpc) is 3.39. The van der Waals surface area contributed by atoms with E-state index in [1.165, 1.54) is 58.1 Å². The Labute approximate surface area is 191 Å². The Kier molecular flexibility index (Phi) is 7.73. The van der Waals surface area contributed by atoms with Gasteiger partial charge in [0, 0.05) is 0 Å². The van der Waals surface area contributed by atoms with Gasteiger partial charge in [0.25, 0.3) is 0 Å². The summed E-state index contributed by atoms with van der Waals surface area (Å²) in [6.07, 6.45) is 12.6. The summed E-state index contributed by atoms with van der Waals surface area (Å²) < 4.78 is 39.4. The maximum Gasteiger partial charge on any atom is 0.309 e. The highest BCUT2D eigenvalue weighted by Crippen LogP contribution is 2.52. The van der Waals surface area contributed by atoms with Crippen LogP contribution in [0.5, 0.6) is 5.75 Å². The van der Waals surface area contributed by atoms with Crippen LogP contribution in [-0.4, -0.2) is 19.2 Å². The van der Waals surface area contributed by atoms with Crippen LogP contribution in [0, 0.1) is 35.3 Å². The van der Waals surface area contributed by atoms with Crippen LogP contribution in [-0.2, 0) is 9.53 Å². The molecule has 0 aromatic heterocycles. The van der Waals surface area contributed by atoms with Crippen LogP contribution in [0.15, 0.2) is 12.1 Å². The number of fused-ring (bicyclic) bond motifs is 1. The van der Waals surface area contributed by atoms with Crippen molar-refractivity contribution in [3.63, 3.8) is 0 Å². The lowest BCUT2D eigenvalue weighted by Gasteiger charge is -2.30. The van der Waals surface area contributed by atoms with Crippen LogP contribution in [0.2, 0.25) is 0 Å². The number of esters is 1. The lowest BCUT2D eigenvalue weighted by atomic mass is 9.82. The molecule has 1 aromatic rings. The smallest absolute Gasteiger partial charge is 0.309 e. The van der Waals surface area contributed by atoms with E-state index in [9.17, 15) is 13.6 Å². The van der Waals surface area contributed by atoms with E-state index in [2.05, 4.69) is 6.92 Å². The highest BCUT2D eigenvalue weighted by atomic mass is 19.2. The Morgan fingerprint density at radius 2 is 1.69 bits per heavy atom. The van der Waals surface area contributed by atoms with E-state index in [1.807, 2.05) is 0 Å². The van der Waals surface area contributed by atoms with Gasteiger partial charge in [-0.2, -0.15) is 4.39 Å². The summed E-state index contributed by atoms with van der Waals surface area (Å²) in [6, 6.07) is 3.12. The molecule has 3 fully saturated rings. The molecule has 0 radical (unpaired) electrons. The normalized spacial score (nSPS) is 32.0. The van der Waals surface area contributed by atoms with Gasteiger partial charge in [-0.25, -0.2) is 4.39 Å². The molecule has 3 aliphatic carbocycles. The number of halogens is 2. The molecule has 4 unspecified atom stereocenters. The number of carbonyl (C=O) groups excluding carboxylic acids is 1. The van der Waals surface area contributed by atoms with Crippen LogP contribution < -0.4 is 4.74 Å². The summed E-state index contributed by atoms with van der Waals surface area (Å²) in [5.41, 5.74) is 0.409. The number of benzene rings is 1. The Morgan fingerprint density at radius 3 is 2.41 bits per heavy atom. The predicted octanol–water partition coefficient (Wildman–Crippen LogP) is 7.18. The molecule has 1 aromatic carbocycles. The zero-order valence-electron chi connectivity index (χ0n) is 19.6. The minimum Gasteiger partial charge on any atom is -0.494 e. The molecule has 32 heavy (non-hydrogen) atoms. The van der Waals surface area contributed by atoms with Gasteiger partial charge >= 0.3 is 5.97 Å². The largest absolute Gasteiger partial charge is 0.494 e. The molecule has 4 rings (SSSR count). The highest BCUT2D eigenvalue weighted by molar-refractivity contribution is 5.73. The zero-order chi connectivity index (χ0) is 22.7. The standard InChI is InChI=1S/C27H38F2O3/c1-3-4-5-6-17-9-12-22-20(17)13-14-23(22)27(30)32-19-10-7-18(8-11-19)21-15-16-24(31-2)26(29)25(21)28/h15-20,22-23H,3-14H2,1-2H3. The van der Waals surface area contributed by atoms with E-state index in [-0.39, 0.29) is 29.7 Å². The Morgan fingerprint density at radius 1 is 0.938 bits per heavy atom. The molecule has 5 heteroatoms. The maximum absolute atomic E-state index is 14.5.